The highest BCUT2D eigenvalue weighted by atomic mass is 16.3. The number of nitrogens with zero attached hydrogens (tertiary/aromatic N) is 4. The Hall–Kier alpha value is -3.18. The predicted molar refractivity (Wildman–Crippen MR) is 118 cm³/mol. The zero-order valence-electron chi connectivity index (χ0n) is 18.7. The maximum Gasteiger partial charge on any atom is 0.330 e. The van der Waals surface area contributed by atoms with Crippen LogP contribution in [-0.2, 0) is 13.6 Å². The molecule has 3 rings (SSSR count). The van der Waals surface area contributed by atoms with Crippen LogP contribution in [-0.4, -0.2) is 44.1 Å². The number of anilines is 2. The molecule has 0 saturated carbocycles. The summed E-state index contributed by atoms with van der Waals surface area (Å²) < 4.78 is 7.51. The topological polar surface area (TPSA) is 153 Å². The number of nitrogens with one attached hydrogen (secondary N) is 2. The van der Waals surface area contributed by atoms with E-state index in [1.807, 2.05) is 34.6 Å². The maximum absolute atomic E-state index is 12.0. The van der Waals surface area contributed by atoms with Crippen molar-refractivity contribution in [2.24, 2.45) is 7.05 Å². The molecule has 0 saturated heterocycles. The van der Waals surface area contributed by atoms with Crippen molar-refractivity contribution in [3.05, 3.63) is 34.1 Å². The van der Waals surface area contributed by atoms with Crippen molar-refractivity contribution in [3.63, 3.8) is 0 Å². The van der Waals surface area contributed by atoms with Crippen molar-refractivity contribution in [2.75, 3.05) is 24.8 Å². The van der Waals surface area contributed by atoms with Gasteiger partial charge in [-0.2, -0.15) is 9.97 Å². The number of imidazole rings is 1. The van der Waals surface area contributed by atoms with E-state index in [1.165, 1.54) is 15.4 Å². The maximum atomic E-state index is 12.0. The number of aromatic nitrogens is 4. The van der Waals surface area contributed by atoms with Gasteiger partial charge in [0.2, 0.25) is 5.95 Å². The number of hydrogen-bond acceptors (Lipinski definition) is 9. The van der Waals surface area contributed by atoms with Crippen molar-refractivity contribution in [1.29, 1.82) is 0 Å². The van der Waals surface area contributed by atoms with E-state index in [9.17, 15) is 9.59 Å². The number of carbonyl (C=O) groups is 1. The van der Waals surface area contributed by atoms with E-state index < -0.39 is 0 Å². The molecule has 0 fully saturated rings. The number of aryl methyl sites for hydroxylation is 2. The second-order valence-electron chi connectivity index (χ2n) is 5.28. The van der Waals surface area contributed by atoms with Crippen LogP contribution in [0.1, 0.15) is 43.8 Å². The van der Waals surface area contributed by atoms with Gasteiger partial charge in [0.05, 0.1) is 19.4 Å². The molecule has 0 atom stereocenters. The lowest BCUT2D eigenvalue weighted by atomic mass is 10.3. The third kappa shape index (κ3) is 6.42. The molecule has 11 heteroatoms. The summed E-state index contributed by atoms with van der Waals surface area (Å²) in [6.45, 7) is 9.83. The third-order valence-corrected chi connectivity index (χ3v) is 3.57. The lowest BCUT2D eigenvalue weighted by Crippen LogP contribution is -2.23. The summed E-state index contributed by atoms with van der Waals surface area (Å²) in [6.07, 6.45) is 2.20. The minimum atomic E-state index is -0.280. The molecule has 3 aromatic heterocycles. The molecular weight excluding hydrogens is 390 g/mol. The Morgan fingerprint density at radius 3 is 2.33 bits per heavy atom. The van der Waals surface area contributed by atoms with Crippen molar-refractivity contribution >= 4 is 29.2 Å². The Labute approximate surface area is 175 Å². The number of nitrogens with two attached hydrogens (primary N) is 1. The first-order valence-electron chi connectivity index (χ1n) is 9.70. The fraction of sp³-hybridized carbons (Fsp3) is 0.474. The summed E-state index contributed by atoms with van der Waals surface area (Å²) in [5, 5.41) is 8.98. The Morgan fingerprint density at radius 1 is 1.27 bits per heavy atom. The fourth-order valence-electron chi connectivity index (χ4n) is 2.34. The number of aliphatic hydroxyl groups is 1. The first-order chi connectivity index (χ1) is 14.4. The molecule has 0 aliphatic heterocycles. The number of hydrazine groups is 1. The molecule has 0 bridgehead atoms. The van der Waals surface area contributed by atoms with Gasteiger partial charge in [0.15, 0.2) is 23.5 Å². The van der Waals surface area contributed by atoms with Crippen LogP contribution in [0, 0.1) is 6.92 Å². The molecule has 168 valence electrons. The number of furan rings is 1. The van der Waals surface area contributed by atoms with Crippen LogP contribution in [0.15, 0.2) is 21.5 Å². The van der Waals surface area contributed by atoms with Gasteiger partial charge in [-0.1, -0.05) is 27.7 Å². The molecule has 0 unspecified atom stereocenters. The Bertz CT molecular complexity index is 960. The lowest BCUT2D eigenvalue weighted by molar-refractivity contribution is 0.110. The highest BCUT2D eigenvalue weighted by molar-refractivity contribution is 5.84. The number of nitrogen functional groups attached to an aromatic ring is 1. The number of fused-ring (bicyclic) bond motifs is 1. The summed E-state index contributed by atoms with van der Waals surface area (Å²) in [6, 6.07) is 1.75. The number of aldehydes is 1. The van der Waals surface area contributed by atoms with Gasteiger partial charge in [0.1, 0.15) is 5.52 Å². The van der Waals surface area contributed by atoms with Crippen LogP contribution in [0.5, 0.6) is 0 Å². The van der Waals surface area contributed by atoms with Crippen molar-refractivity contribution < 1.29 is 14.3 Å². The molecule has 3 aromatic rings. The monoisotopic (exact) mass is 423 g/mol. The summed E-state index contributed by atoms with van der Waals surface area (Å²) in [5.41, 5.74) is 12.6. The van der Waals surface area contributed by atoms with E-state index in [-0.39, 0.29) is 24.8 Å². The summed E-state index contributed by atoms with van der Waals surface area (Å²) in [7, 11) is 3.28. The molecule has 0 amide bonds. The Kier molecular flexibility index (Phi) is 12.4. The highest BCUT2D eigenvalue weighted by Crippen LogP contribution is 2.19. The zero-order valence-corrected chi connectivity index (χ0v) is 18.7. The van der Waals surface area contributed by atoms with Gasteiger partial charge in [0, 0.05) is 14.1 Å². The van der Waals surface area contributed by atoms with E-state index in [2.05, 4.69) is 20.8 Å². The SMILES string of the molecule is CC.CC.CNNc1nc(N)nc2c1n(C)c(=O)n2CCO.Cc1ccoc1C=O. The van der Waals surface area contributed by atoms with Gasteiger partial charge in [-0.3, -0.25) is 13.9 Å². The molecule has 0 aliphatic carbocycles. The molecular formula is C19H33N7O4. The van der Waals surface area contributed by atoms with Crippen LogP contribution in [0.2, 0.25) is 0 Å². The normalized spacial score (nSPS) is 9.47. The zero-order chi connectivity index (χ0) is 23.3. The van der Waals surface area contributed by atoms with Gasteiger partial charge in [0.25, 0.3) is 0 Å². The smallest absolute Gasteiger partial charge is 0.330 e. The quantitative estimate of drug-likeness (QED) is 0.355. The van der Waals surface area contributed by atoms with E-state index >= 15 is 0 Å². The van der Waals surface area contributed by atoms with Gasteiger partial charge in [-0.05, 0) is 18.6 Å². The lowest BCUT2D eigenvalue weighted by Gasteiger charge is -2.06. The van der Waals surface area contributed by atoms with Crippen LogP contribution in [0.3, 0.4) is 0 Å². The third-order valence-electron chi connectivity index (χ3n) is 3.57. The average Bonchev–Trinajstić information content (AvgIpc) is 3.28. The molecule has 11 nitrogen and oxygen atoms in total. The Morgan fingerprint density at radius 2 is 1.90 bits per heavy atom. The van der Waals surface area contributed by atoms with Gasteiger partial charge < -0.3 is 20.7 Å². The van der Waals surface area contributed by atoms with Crippen LogP contribution in [0.25, 0.3) is 11.2 Å². The van der Waals surface area contributed by atoms with Crippen molar-refractivity contribution in [1.82, 2.24) is 24.5 Å². The molecule has 0 aliphatic rings. The number of aliphatic hydroxyl groups excluding tert-OH is 1. The molecule has 0 radical (unpaired) electrons. The molecule has 30 heavy (non-hydrogen) atoms. The first-order valence-corrected chi connectivity index (χ1v) is 9.70. The molecule has 5 N–H and O–H groups in total. The van der Waals surface area contributed by atoms with Crippen LogP contribution in [0.4, 0.5) is 11.8 Å². The van der Waals surface area contributed by atoms with Gasteiger partial charge in [-0.15, -0.1) is 0 Å². The summed E-state index contributed by atoms with van der Waals surface area (Å²) in [5.74, 6) is 0.888. The number of carbonyl (C=O) groups excluding carboxylic acids is 1. The van der Waals surface area contributed by atoms with Gasteiger partial charge >= 0.3 is 5.69 Å². The molecule has 0 spiro atoms. The second-order valence-corrected chi connectivity index (χ2v) is 5.28. The highest BCUT2D eigenvalue weighted by Gasteiger charge is 2.17. The minimum Gasteiger partial charge on any atom is -0.461 e. The van der Waals surface area contributed by atoms with E-state index in [1.54, 1.807) is 20.2 Å². The predicted octanol–water partition coefficient (Wildman–Crippen LogP) is 1.70. The van der Waals surface area contributed by atoms with Gasteiger partial charge in [-0.25, -0.2) is 10.2 Å². The molecule has 3 heterocycles. The standard InChI is InChI=1S/C9H15N7O2.C6H6O2.2C2H6/c1-11-14-6-5-7(13-8(10)12-6)16(3-4-17)9(18)15(5)2;1-5-2-3-8-6(5)4-7;2*1-2/h11,17H,3-4H2,1-2H3,(H3,10,12,13,14);2-4H,1H3;2*1-2H3. The number of rotatable bonds is 5. The van der Waals surface area contributed by atoms with E-state index in [4.69, 9.17) is 15.3 Å². The van der Waals surface area contributed by atoms with E-state index in [0.717, 1.165) is 5.56 Å². The average molecular weight is 424 g/mol. The fourth-order valence-corrected chi connectivity index (χ4v) is 2.34. The van der Waals surface area contributed by atoms with E-state index in [0.29, 0.717) is 29.0 Å². The van der Waals surface area contributed by atoms with Crippen molar-refractivity contribution in [3.8, 4) is 0 Å². The first kappa shape index (κ1) is 26.8. The second kappa shape index (κ2) is 13.9. The Balaban J connectivity index is 0.000000585. The largest absolute Gasteiger partial charge is 0.461 e. The molecule has 0 aromatic carbocycles. The number of hydrogen-bond donors (Lipinski definition) is 4. The van der Waals surface area contributed by atoms with Crippen molar-refractivity contribution in [2.45, 2.75) is 41.2 Å². The van der Waals surface area contributed by atoms with Crippen LogP contribution < -0.4 is 22.3 Å². The summed E-state index contributed by atoms with van der Waals surface area (Å²) >= 11 is 0. The van der Waals surface area contributed by atoms with Crippen LogP contribution >= 0.6 is 0 Å². The summed E-state index contributed by atoms with van der Waals surface area (Å²) in [4.78, 5) is 30.1. The minimum absolute atomic E-state index is 0.0533.